The summed E-state index contributed by atoms with van der Waals surface area (Å²) < 4.78 is 15.1. The number of rotatable bonds is 3. The smallest absolute Gasteiger partial charge is 0.363 e. The van der Waals surface area contributed by atoms with Crippen LogP contribution in [0.4, 0.5) is 0 Å². The molecule has 0 saturated heterocycles. The number of nitrogens with zero attached hydrogens (tertiary/aromatic N) is 1. The molecule has 6 nitrogen and oxygen atoms in total. The normalized spacial score (nSPS) is 15.8. The first kappa shape index (κ1) is 13.8. The second kappa shape index (κ2) is 5.56. The van der Waals surface area contributed by atoms with Crippen LogP contribution < -0.4 is 9.47 Å². The summed E-state index contributed by atoms with van der Waals surface area (Å²) in [6.07, 6.45) is 1.52. The van der Waals surface area contributed by atoms with Crippen LogP contribution in [-0.2, 0) is 14.3 Å². The molecule has 20 heavy (non-hydrogen) atoms. The van der Waals surface area contributed by atoms with Crippen molar-refractivity contribution in [3.05, 3.63) is 29.5 Å². The van der Waals surface area contributed by atoms with E-state index < -0.39 is 11.9 Å². The molecule has 1 aliphatic rings. The van der Waals surface area contributed by atoms with Crippen LogP contribution in [0.15, 0.2) is 28.9 Å². The van der Waals surface area contributed by atoms with Gasteiger partial charge in [-0.05, 0) is 12.1 Å². The van der Waals surface area contributed by atoms with Crippen molar-refractivity contribution in [2.75, 3.05) is 7.11 Å². The van der Waals surface area contributed by atoms with E-state index in [0.29, 0.717) is 11.3 Å². The minimum absolute atomic E-state index is 0.167. The van der Waals surface area contributed by atoms with Crippen molar-refractivity contribution < 1.29 is 23.8 Å². The van der Waals surface area contributed by atoms with Crippen molar-refractivity contribution in [2.45, 2.75) is 13.8 Å². The average molecular weight is 275 g/mol. The maximum absolute atomic E-state index is 11.5. The van der Waals surface area contributed by atoms with Gasteiger partial charge in [0.1, 0.15) is 0 Å². The zero-order valence-corrected chi connectivity index (χ0v) is 11.3. The number of aliphatic imine (C=N–C) groups is 1. The Bertz CT molecular complexity index is 630. The lowest BCUT2D eigenvalue weighted by atomic mass is 10.1. The summed E-state index contributed by atoms with van der Waals surface area (Å²) in [6.45, 7) is 2.89. The first-order chi connectivity index (χ1) is 9.51. The largest absolute Gasteiger partial charge is 0.492 e. The highest BCUT2D eigenvalue weighted by atomic mass is 16.6. The fourth-order valence-electron chi connectivity index (χ4n) is 1.76. The second-order valence-electron chi connectivity index (χ2n) is 4.02. The van der Waals surface area contributed by atoms with E-state index in [4.69, 9.17) is 14.2 Å². The van der Waals surface area contributed by atoms with Crippen LogP contribution in [0.25, 0.3) is 6.08 Å². The van der Waals surface area contributed by atoms with E-state index >= 15 is 0 Å². The van der Waals surface area contributed by atoms with Crippen LogP contribution in [-0.4, -0.2) is 24.9 Å². The maximum Gasteiger partial charge on any atom is 0.363 e. The average Bonchev–Trinajstić information content (AvgIpc) is 2.67. The number of benzene rings is 1. The predicted molar refractivity (Wildman–Crippen MR) is 71.5 cm³/mol. The monoisotopic (exact) mass is 275 g/mol. The van der Waals surface area contributed by atoms with Crippen LogP contribution in [0, 0.1) is 0 Å². The first-order valence-electron chi connectivity index (χ1n) is 5.86. The Labute approximate surface area is 115 Å². The Morgan fingerprint density at radius 3 is 2.70 bits per heavy atom. The van der Waals surface area contributed by atoms with Crippen molar-refractivity contribution >= 4 is 23.9 Å². The number of para-hydroxylation sites is 1. The van der Waals surface area contributed by atoms with Crippen LogP contribution in [0.1, 0.15) is 19.4 Å². The number of esters is 2. The van der Waals surface area contributed by atoms with Gasteiger partial charge in [-0.1, -0.05) is 12.1 Å². The molecular formula is C14H13NO5. The predicted octanol–water partition coefficient (Wildman–Crippen LogP) is 1.94. The van der Waals surface area contributed by atoms with Crippen molar-refractivity contribution in [2.24, 2.45) is 4.99 Å². The lowest BCUT2D eigenvalue weighted by molar-refractivity contribution is -0.132. The summed E-state index contributed by atoms with van der Waals surface area (Å²) in [5.41, 5.74) is 0.734. The molecule has 1 heterocycles. The fourth-order valence-corrected chi connectivity index (χ4v) is 1.76. The Kier molecular flexibility index (Phi) is 3.84. The Morgan fingerprint density at radius 1 is 1.40 bits per heavy atom. The molecule has 0 aromatic heterocycles. The number of cyclic esters (lactones) is 1. The zero-order valence-electron chi connectivity index (χ0n) is 11.3. The SMILES string of the molecule is COc1c(/C=C2\N=C(C)OC2=O)cccc1OC(C)=O. The van der Waals surface area contributed by atoms with Gasteiger partial charge in [-0.25, -0.2) is 9.79 Å². The lowest BCUT2D eigenvalue weighted by Gasteiger charge is -2.10. The number of hydrogen-bond donors (Lipinski definition) is 0. The minimum Gasteiger partial charge on any atom is -0.492 e. The molecule has 0 amide bonds. The zero-order chi connectivity index (χ0) is 14.7. The third kappa shape index (κ3) is 2.85. The van der Waals surface area contributed by atoms with E-state index in [9.17, 15) is 9.59 Å². The third-order valence-electron chi connectivity index (χ3n) is 2.49. The highest BCUT2D eigenvalue weighted by Gasteiger charge is 2.21. The Hall–Kier alpha value is -2.63. The molecule has 0 radical (unpaired) electrons. The van der Waals surface area contributed by atoms with E-state index in [1.807, 2.05) is 0 Å². The summed E-state index contributed by atoms with van der Waals surface area (Å²) in [5.74, 6) is -0.0646. The molecule has 1 aliphatic heterocycles. The molecule has 104 valence electrons. The Morgan fingerprint density at radius 2 is 2.15 bits per heavy atom. The van der Waals surface area contributed by atoms with Crippen LogP contribution in [0.5, 0.6) is 11.5 Å². The van der Waals surface area contributed by atoms with E-state index in [1.165, 1.54) is 20.1 Å². The van der Waals surface area contributed by atoms with Gasteiger partial charge in [0.25, 0.3) is 0 Å². The van der Waals surface area contributed by atoms with E-state index in [1.54, 1.807) is 25.1 Å². The van der Waals surface area contributed by atoms with Crippen molar-refractivity contribution in [1.82, 2.24) is 0 Å². The number of ether oxygens (including phenoxy) is 3. The van der Waals surface area contributed by atoms with E-state index in [2.05, 4.69) is 4.99 Å². The van der Waals surface area contributed by atoms with Crippen molar-refractivity contribution in [1.29, 1.82) is 0 Å². The quantitative estimate of drug-likeness (QED) is 0.479. The van der Waals surface area contributed by atoms with Gasteiger partial charge in [-0.3, -0.25) is 4.79 Å². The van der Waals surface area contributed by atoms with Gasteiger partial charge in [-0.15, -0.1) is 0 Å². The number of hydrogen-bond acceptors (Lipinski definition) is 6. The molecule has 1 aromatic carbocycles. The molecule has 0 saturated carbocycles. The number of carbonyl (C=O) groups excluding carboxylic acids is 2. The molecular weight excluding hydrogens is 262 g/mol. The highest BCUT2D eigenvalue weighted by molar-refractivity contribution is 6.06. The molecule has 0 unspecified atom stereocenters. The number of methoxy groups -OCH3 is 1. The fraction of sp³-hybridized carbons (Fsp3) is 0.214. The molecule has 0 fully saturated rings. The highest BCUT2D eigenvalue weighted by Crippen LogP contribution is 2.33. The van der Waals surface area contributed by atoms with Gasteiger partial charge >= 0.3 is 11.9 Å². The van der Waals surface area contributed by atoms with Crippen molar-refractivity contribution in [3.63, 3.8) is 0 Å². The molecule has 0 bridgehead atoms. The third-order valence-corrected chi connectivity index (χ3v) is 2.49. The van der Waals surface area contributed by atoms with Crippen molar-refractivity contribution in [3.8, 4) is 11.5 Å². The standard InChI is InChI=1S/C14H13NO5/c1-8-15-11(14(17)19-8)7-10-5-4-6-12(13(10)18-3)20-9(2)16/h4-7H,1-3H3/b11-7-. The van der Waals surface area contributed by atoms with E-state index in [-0.39, 0.29) is 17.3 Å². The molecule has 0 N–H and O–H groups in total. The molecule has 1 aromatic rings. The van der Waals surface area contributed by atoms with Crippen LogP contribution in [0.3, 0.4) is 0 Å². The molecule has 2 rings (SSSR count). The summed E-state index contributed by atoms with van der Waals surface area (Å²) >= 11 is 0. The van der Waals surface area contributed by atoms with Crippen LogP contribution in [0.2, 0.25) is 0 Å². The topological polar surface area (TPSA) is 74.2 Å². The lowest BCUT2D eigenvalue weighted by Crippen LogP contribution is -2.04. The molecule has 0 aliphatic carbocycles. The molecule has 0 atom stereocenters. The molecule has 0 spiro atoms. The second-order valence-corrected chi connectivity index (χ2v) is 4.02. The Balaban J connectivity index is 2.44. The van der Waals surface area contributed by atoms with E-state index in [0.717, 1.165) is 0 Å². The summed E-state index contributed by atoms with van der Waals surface area (Å²) in [5, 5.41) is 0. The maximum atomic E-state index is 11.5. The van der Waals surface area contributed by atoms with Crippen LogP contribution >= 0.6 is 0 Å². The first-order valence-corrected chi connectivity index (χ1v) is 5.86. The minimum atomic E-state index is -0.526. The van der Waals surface area contributed by atoms with Gasteiger partial charge in [0.2, 0.25) is 0 Å². The van der Waals surface area contributed by atoms with Gasteiger partial charge in [-0.2, -0.15) is 0 Å². The molecule has 6 heteroatoms. The van der Waals surface area contributed by atoms with Gasteiger partial charge in [0.05, 0.1) is 7.11 Å². The summed E-state index contributed by atoms with van der Waals surface area (Å²) in [4.78, 5) is 26.5. The van der Waals surface area contributed by atoms with Gasteiger partial charge in [0.15, 0.2) is 23.1 Å². The van der Waals surface area contributed by atoms with Gasteiger partial charge < -0.3 is 14.2 Å². The number of carbonyl (C=O) groups is 2. The summed E-state index contributed by atoms with van der Waals surface area (Å²) in [7, 11) is 1.45. The van der Waals surface area contributed by atoms with Gasteiger partial charge in [0, 0.05) is 19.4 Å². The summed E-state index contributed by atoms with van der Waals surface area (Å²) in [6, 6.07) is 5.00.